The molecule has 1 rings (SSSR count). The van der Waals surface area contributed by atoms with Crippen LogP contribution in [0.4, 0.5) is 0 Å². The Morgan fingerprint density at radius 3 is 2.72 bits per heavy atom. The summed E-state index contributed by atoms with van der Waals surface area (Å²) >= 11 is 0. The third-order valence-corrected chi connectivity index (χ3v) is 2.69. The average Bonchev–Trinajstić information content (AvgIpc) is 2.37. The van der Waals surface area contributed by atoms with Crippen LogP contribution < -0.4 is 5.32 Å². The molecule has 0 radical (unpaired) electrons. The molecule has 1 aromatic carbocycles. The van der Waals surface area contributed by atoms with Gasteiger partial charge in [0.25, 0.3) is 0 Å². The summed E-state index contributed by atoms with van der Waals surface area (Å²) in [7, 11) is 3.92. The lowest BCUT2D eigenvalue weighted by Crippen LogP contribution is -2.35. The minimum Gasteiger partial charge on any atom is -0.389 e. The summed E-state index contributed by atoms with van der Waals surface area (Å²) in [6, 6.07) is 9.99. The van der Waals surface area contributed by atoms with E-state index in [2.05, 4.69) is 10.2 Å². The number of ether oxygens (including phenoxy) is 1. The van der Waals surface area contributed by atoms with Gasteiger partial charge in [-0.1, -0.05) is 30.3 Å². The Bertz CT molecular complexity index is 306. The first-order chi connectivity index (χ1) is 8.72. The molecule has 0 aliphatic heterocycles. The Morgan fingerprint density at radius 2 is 2.06 bits per heavy atom. The zero-order chi connectivity index (χ0) is 13.2. The maximum absolute atomic E-state index is 9.81. The van der Waals surface area contributed by atoms with Crippen molar-refractivity contribution >= 4 is 0 Å². The molecule has 0 spiro atoms. The number of nitrogens with zero attached hydrogens (tertiary/aromatic N) is 1. The van der Waals surface area contributed by atoms with E-state index in [0.29, 0.717) is 19.8 Å². The highest BCUT2D eigenvalue weighted by molar-refractivity contribution is 5.13. The van der Waals surface area contributed by atoms with Gasteiger partial charge in [0.15, 0.2) is 0 Å². The summed E-state index contributed by atoms with van der Waals surface area (Å²) in [5.41, 5.74) is 1.13. The Labute approximate surface area is 110 Å². The monoisotopic (exact) mass is 252 g/mol. The quantitative estimate of drug-likeness (QED) is 0.679. The van der Waals surface area contributed by atoms with Crippen LogP contribution in [-0.4, -0.2) is 56.4 Å². The SMILES string of the molecule is CNCCN(C)CC(O)COCc1ccccc1. The molecule has 1 unspecified atom stereocenters. The van der Waals surface area contributed by atoms with Crippen LogP contribution in [0.25, 0.3) is 0 Å². The van der Waals surface area contributed by atoms with Crippen molar-refractivity contribution in [1.29, 1.82) is 0 Å². The number of likely N-dealkylation sites (N-methyl/N-ethyl adjacent to an activating group) is 2. The molecule has 18 heavy (non-hydrogen) atoms. The summed E-state index contributed by atoms with van der Waals surface area (Å²) < 4.78 is 5.49. The van der Waals surface area contributed by atoms with E-state index < -0.39 is 6.10 Å². The van der Waals surface area contributed by atoms with E-state index in [9.17, 15) is 5.11 Å². The summed E-state index contributed by atoms with van der Waals surface area (Å²) in [6.07, 6.45) is -0.435. The van der Waals surface area contributed by atoms with Crippen molar-refractivity contribution in [3.05, 3.63) is 35.9 Å². The fraction of sp³-hybridized carbons (Fsp3) is 0.571. The van der Waals surface area contributed by atoms with Crippen molar-refractivity contribution in [2.45, 2.75) is 12.7 Å². The normalized spacial score (nSPS) is 12.9. The van der Waals surface area contributed by atoms with Crippen molar-refractivity contribution < 1.29 is 9.84 Å². The Balaban J connectivity index is 2.11. The zero-order valence-electron chi connectivity index (χ0n) is 11.3. The van der Waals surface area contributed by atoms with Gasteiger partial charge in [0, 0.05) is 19.6 Å². The molecule has 4 heteroatoms. The van der Waals surface area contributed by atoms with Crippen LogP contribution in [0.1, 0.15) is 5.56 Å². The predicted octanol–water partition coefficient (Wildman–Crippen LogP) is 0.715. The van der Waals surface area contributed by atoms with Crippen LogP contribution >= 0.6 is 0 Å². The molecule has 1 aromatic rings. The number of aliphatic hydroxyl groups is 1. The van der Waals surface area contributed by atoms with Crippen LogP contribution in [0.15, 0.2) is 30.3 Å². The second kappa shape index (κ2) is 9.05. The Morgan fingerprint density at radius 1 is 1.33 bits per heavy atom. The van der Waals surface area contributed by atoms with Crippen LogP contribution in [0.3, 0.4) is 0 Å². The highest BCUT2D eigenvalue weighted by Crippen LogP contribution is 2.01. The van der Waals surface area contributed by atoms with Crippen LogP contribution in [0.2, 0.25) is 0 Å². The summed E-state index contributed by atoms with van der Waals surface area (Å²) in [6.45, 7) is 3.41. The van der Waals surface area contributed by atoms with Gasteiger partial charge in [-0.25, -0.2) is 0 Å². The molecular weight excluding hydrogens is 228 g/mol. The first-order valence-electron chi connectivity index (χ1n) is 6.35. The molecular formula is C14H24N2O2. The van der Waals surface area contributed by atoms with Crippen LogP contribution in [-0.2, 0) is 11.3 Å². The molecule has 0 saturated carbocycles. The molecule has 0 saturated heterocycles. The summed E-state index contributed by atoms with van der Waals surface area (Å²) in [4.78, 5) is 2.09. The fourth-order valence-electron chi connectivity index (χ4n) is 1.69. The van der Waals surface area contributed by atoms with Gasteiger partial charge in [0.1, 0.15) is 0 Å². The van der Waals surface area contributed by atoms with Gasteiger partial charge in [-0.3, -0.25) is 0 Å². The van der Waals surface area contributed by atoms with Gasteiger partial charge in [0.2, 0.25) is 0 Å². The number of hydrogen-bond acceptors (Lipinski definition) is 4. The van der Waals surface area contributed by atoms with Gasteiger partial charge in [0.05, 0.1) is 19.3 Å². The van der Waals surface area contributed by atoms with E-state index in [4.69, 9.17) is 4.74 Å². The molecule has 0 aliphatic rings. The van der Waals surface area contributed by atoms with E-state index in [-0.39, 0.29) is 0 Å². The van der Waals surface area contributed by atoms with Gasteiger partial charge in [-0.2, -0.15) is 0 Å². The molecule has 0 bridgehead atoms. The molecule has 1 atom stereocenters. The van der Waals surface area contributed by atoms with Crippen molar-refractivity contribution in [1.82, 2.24) is 10.2 Å². The number of rotatable bonds is 9. The standard InChI is InChI=1S/C14H24N2O2/c1-15-8-9-16(2)10-14(17)12-18-11-13-6-4-3-5-7-13/h3-7,14-15,17H,8-12H2,1-2H3. The lowest BCUT2D eigenvalue weighted by Gasteiger charge is -2.20. The van der Waals surface area contributed by atoms with Crippen LogP contribution in [0.5, 0.6) is 0 Å². The van der Waals surface area contributed by atoms with Crippen molar-refractivity contribution in [3.63, 3.8) is 0 Å². The third-order valence-electron chi connectivity index (χ3n) is 2.69. The fourth-order valence-corrected chi connectivity index (χ4v) is 1.69. The van der Waals surface area contributed by atoms with Gasteiger partial charge in [-0.05, 0) is 19.7 Å². The zero-order valence-corrected chi connectivity index (χ0v) is 11.3. The topological polar surface area (TPSA) is 44.7 Å². The number of aliphatic hydroxyl groups excluding tert-OH is 1. The second-order valence-corrected chi connectivity index (χ2v) is 4.52. The van der Waals surface area contributed by atoms with E-state index in [1.807, 2.05) is 44.4 Å². The Kier molecular flexibility index (Phi) is 7.60. The predicted molar refractivity (Wildman–Crippen MR) is 73.5 cm³/mol. The maximum Gasteiger partial charge on any atom is 0.0900 e. The first kappa shape index (κ1) is 15.1. The molecule has 4 nitrogen and oxygen atoms in total. The van der Waals surface area contributed by atoms with Crippen molar-refractivity contribution in [3.8, 4) is 0 Å². The molecule has 102 valence electrons. The Hall–Kier alpha value is -0.940. The van der Waals surface area contributed by atoms with E-state index >= 15 is 0 Å². The number of nitrogens with one attached hydrogen (secondary N) is 1. The van der Waals surface area contributed by atoms with E-state index in [1.165, 1.54) is 0 Å². The van der Waals surface area contributed by atoms with Crippen molar-refractivity contribution in [2.24, 2.45) is 0 Å². The van der Waals surface area contributed by atoms with Crippen LogP contribution in [0, 0.1) is 0 Å². The highest BCUT2D eigenvalue weighted by Gasteiger charge is 2.07. The second-order valence-electron chi connectivity index (χ2n) is 4.52. The average molecular weight is 252 g/mol. The number of benzene rings is 1. The lowest BCUT2D eigenvalue weighted by molar-refractivity contribution is 0.0139. The van der Waals surface area contributed by atoms with Gasteiger partial charge < -0.3 is 20.1 Å². The summed E-state index contributed by atoms with van der Waals surface area (Å²) in [5.74, 6) is 0. The smallest absolute Gasteiger partial charge is 0.0900 e. The highest BCUT2D eigenvalue weighted by atomic mass is 16.5. The van der Waals surface area contributed by atoms with E-state index in [0.717, 1.165) is 18.7 Å². The largest absolute Gasteiger partial charge is 0.389 e. The molecule has 2 N–H and O–H groups in total. The number of hydrogen-bond donors (Lipinski definition) is 2. The molecule has 0 aliphatic carbocycles. The molecule has 0 amide bonds. The lowest BCUT2D eigenvalue weighted by atomic mass is 10.2. The third kappa shape index (κ3) is 6.71. The first-order valence-corrected chi connectivity index (χ1v) is 6.35. The summed E-state index contributed by atoms with van der Waals surface area (Å²) in [5, 5.41) is 12.9. The molecule has 0 heterocycles. The van der Waals surface area contributed by atoms with Gasteiger partial charge >= 0.3 is 0 Å². The van der Waals surface area contributed by atoms with E-state index in [1.54, 1.807) is 0 Å². The van der Waals surface area contributed by atoms with Gasteiger partial charge in [-0.15, -0.1) is 0 Å². The molecule has 0 fully saturated rings. The molecule has 0 aromatic heterocycles. The minimum absolute atomic E-state index is 0.374. The maximum atomic E-state index is 9.81. The minimum atomic E-state index is -0.435. The van der Waals surface area contributed by atoms with Crippen molar-refractivity contribution in [2.75, 3.05) is 40.3 Å².